The summed E-state index contributed by atoms with van der Waals surface area (Å²) in [5.41, 5.74) is 2.32. The molecule has 0 aliphatic rings. The van der Waals surface area contributed by atoms with Gasteiger partial charge in [0.15, 0.2) is 5.78 Å². The lowest BCUT2D eigenvalue weighted by molar-refractivity contribution is 0.0974. The lowest BCUT2D eigenvalue weighted by atomic mass is 9.84. The van der Waals surface area contributed by atoms with Gasteiger partial charge in [0, 0.05) is 10.6 Å². The minimum atomic E-state index is -0.471. The summed E-state index contributed by atoms with van der Waals surface area (Å²) in [5, 5.41) is 0.598. The number of ether oxygens (including phenoxy) is 2. The van der Waals surface area contributed by atoms with Gasteiger partial charge in [0.05, 0.1) is 20.1 Å². The van der Waals surface area contributed by atoms with Gasteiger partial charge in [-0.2, -0.15) is 0 Å². The summed E-state index contributed by atoms with van der Waals surface area (Å²) in [7, 11) is 3.22. The van der Waals surface area contributed by atoms with Gasteiger partial charge in [-0.3, -0.25) is 4.79 Å². The molecule has 0 fully saturated rings. The van der Waals surface area contributed by atoms with E-state index in [0.717, 1.165) is 11.1 Å². The number of Topliss-reactive ketones (excluding diaryl/α,β-unsaturated/α-hetero) is 1. The predicted molar refractivity (Wildman–Crippen MR) is 104 cm³/mol. The Bertz CT molecular complexity index is 856. The summed E-state index contributed by atoms with van der Waals surface area (Å²) in [6.45, 7) is 0. The van der Waals surface area contributed by atoms with Crippen LogP contribution in [0.5, 0.6) is 11.5 Å². The van der Waals surface area contributed by atoms with Crippen LogP contribution in [0.2, 0.25) is 5.02 Å². The highest BCUT2D eigenvalue weighted by atomic mass is 35.5. The van der Waals surface area contributed by atoms with Crippen molar-refractivity contribution in [2.45, 2.75) is 5.92 Å². The molecule has 4 heteroatoms. The molecule has 0 saturated heterocycles. The van der Waals surface area contributed by atoms with Gasteiger partial charge in [0.25, 0.3) is 0 Å². The van der Waals surface area contributed by atoms with Crippen molar-refractivity contribution in [3.8, 4) is 11.5 Å². The van der Waals surface area contributed by atoms with Crippen LogP contribution in [0.1, 0.15) is 27.4 Å². The van der Waals surface area contributed by atoms with E-state index in [9.17, 15) is 4.79 Å². The summed E-state index contributed by atoms with van der Waals surface area (Å²) in [5.74, 6) is 0.933. The molecule has 3 aromatic carbocycles. The fraction of sp³-hybridized carbons (Fsp3) is 0.136. The molecule has 0 radical (unpaired) electrons. The first-order chi connectivity index (χ1) is 12.6. The van der Waals surface area contributed by atoms with Gasteiger partial charge in [0.1, 0.15) is 11.5 Å². The molecule has 0 heterocycles. The Balaban J connectivity index is 2.11. The Kier molecular flexibility index (Phi) is 5.59. The second-order valence-electron chi connectivity index (χ2n) is 5.86. The smallest absolute Gasteiger partial charge is 0.174 e. The average molecular weight is 367 g/mol. The van der Waals surface area contributed by atoms with Crippen LogP contribution in [-0.2, 0) is 0 Å². The van der Waals surface area contributed by atoms with Crippen molar-refractivity contribution in [3.05, 3.63) is 94.5 Å². The zero-order valence-corrected chi connectivity index (χ0v) is 15.4. The third-order valence-corrected chi connectivity index (χ3v) is 4.50. The number of rotatable bonds is 6. The van der Waals surface area contributed by atoms with Crippen LogP contribution in [0.15, 0.2) is 72.8 Å². The van der Waals surface area contributed by atoms with Crippen molar-refractivity contribution >= 4 is 17.4 Å². The van der Waals surface area contributed by atoms with Crippen LogP contribution < -0.4 is 9.47 Å². The van der Waals surface area contributed by atoms with E-state index in [4.69, 9.17) is 21.1 Å². The van der Waals surface area contributed by atoms with Gasteiger partial charge in [-0.05, 0) is 59.7 Å². The van der Waals surface area contributed by atoms with Crippen molar-refractivity contribution in [2.75, 3.05) is 14.2 Å². The summed E-state index contributed by atoms with van der Waals surface area (Å²) >= 11 is 5.96. The Morgan fingerprint density at radius 2 is 1.31 bits per heavy atom. The molecule has 0 bridgehead atoms. The van der Waals surface area contributed by atoms with Gasteiger partial charge >= 0.3 is 0 Å². The fourth-order valence-electron chi connectivity index (χ4n) is 2.92. The first kappa shape index (κ1) is 18.0. The maximum atomic E-state index is 13.3. The van der Waals surface area contributed by atoms with E-state index >= 15 is 0 Å². The topological polar surface area (TPSA) is 35.5 Å². The number of hydrogen-bond acceptors (Lipinski definition) is 3. The average Bonchev–Trinajstić information content (AvgIpc) is 2.69. The quantitative estimate of drug-likeness (QED) is 0.550. The van der Waals surface area contributed by atoms with E-state index in [1.54, 1.807) is 38.5 Å². The fourth-order valence-corrected chi connectivity index (χ4v) is 3.04. The maximum Gasteiger partial charge on any atom is 0.174 e. The summed E-state index contributed by atoms with van der Waals surface area (Å²) in [4.78, 5) is 13.3. The standard InChI is InChI=1S/C22H19ClO3/c1-25-19-7-3-5-16(13-19)21(17-6-4-8-20(14-17)26-2)22(24)15-9-11-18(23)12-10-15/h3-14,21H,1-2H3. The molecule has 0 N–H and O–H groups in total. The minimum Gasteiger partial charge on any atom is -0.497 e. The Labute approximate surface area is 158 Å². The number of ketones is 1. The first-order valence-electron chi connectivity index (χ1n) is 8.20. The molecule has 132 valence electrons. The molecule has 26 heavy (non-hydrogen) atoms. The van der Waals surface area contributed by atoms with Gasteiger partial charge in [-0.25, -0.2) is 0 Å². The molecule has 0 unspecified atom stereocenters. The zero-order chi connectivity index (χ0) is 18.5. The number of benzene rings is 3. The Morgan fingerprint density at radius 3 is 1.77 bits per heavy atom. The number of halogens is 1. The highest BCUT2D eigenvalue weighted by Crippen LogP contribution is 2.32. The number of carbonyl (C=O) groups excluding carboxylic acids is 1. The number of methoxy groups -OCH3 is 2. The zero-order valence-electron chi connectivity index (χ0n) is 14.6. The summed E-state index contributed by atoms with van der Waals surface area (Å²) < 4.78 is 10.7. The van der Waals surface area contributed by atoms with Crippen LogP contribution in [-0.4, -0.2) is 20.0 Å². The molecule has 0 atom stereocenters. The van der Waals surface area contributed by atoms with Crippen LogP contribution in [0.4, 0.5) is 0 Å². The lowest BCUT2D eigenvalue weighted by Crippen LogP contribution is -2.14. The van der Waals surface area contributed by atoms with E-state index in [-0.39, 0.29) is 5.78 Å². The number of hydrogen-bond donors (Lipinski definition) is 0. The lowest BCUT2D eigenvalue weighted by Gasteiger charge is -2.18. The normalized spacial score (nSPS) is 10.6. The largest absolute Gasteiger partial charge is 0.497 e. The van der Waals surface area contributed by atoms with E-state index in [1.165, 1.54) is 0 Å². The molecule has 0 spiro atoms. The highest BCUT2D eigenvalue weighted by Gasteiger charge is 2.25. The second kappa shape index (κ2) is 8.07. The van der Waals surface area contributed by atoms with Crippen molar-refractivity contribution in [1.29, 1.82) is 0 Å². The summed E-state index contributed by atoms with van der Waals surface area (Å²) in [6, 6.07) is 22.1. The van der Waals surface area contributed by atoms with Gasteiger partial charge in [0.2, 0.25) is 0 Å². The molecule has 3 rings (SSSR count). The second-order valence-corrected chi connectivity index (χ2v) is 6.29. The van der Waals surface area contributed by atoms with Crippen LogP contribution in [0.25, 0.3) is 0 Å². The van der Waals surface area contributed by atoms with Crippen LogP contribution in [0.3, 0.4) is 0 Å². The van der Waals surface area contributed by atoms with Crippen LogP contribution >= 0.6 is 11.6 Å². The molecular formula is C22H19ClO3. The van der Waals surface area contributed by atoms with Crippen molar-refractivity contribution in [3.63, 3.8) is 0 Å². The van der Waals surface area contributed by atoms with Crippen molar-refractivity contribution in [2.24, 2.45) is 0 Å². The van der Waals surface area contributed by atoms with E-state index in [2.05, 4.69) is 0 Å². The molecule has 3 aromatic rings. The van der Waals surface area contributed by atoms with Crippen molar-refractivity contribution < 1.29 is 14.3 Å². The van der Waals surface area contributed by atoms with E-state index in [0.29, 0.717) is 22.1 Å². The van der Waals surface area contributed by atoms with E-state index in [1.807, 2.05) is 48.5 Å². The number of carbonyl (C=O) groups is 1. The predicted octanol–water partition coefficient (Wildman–Crippen LogP) is 5.37. The van der Waals surface area contributed by atoms with Gasteiger partial charge < -0.3 is 9.47 Å². The Morgan fingerprint density at radius 1 is 0.808 bits per heavy atom. The third kappa shape index (κ3) is 3.89. The monoisotopic (exact) mass is 366 g/mol. The van der Waals surface area contributed by atoms with Gasteiger partial charge in [-0.1, -0.05) is 35.9 Å². The van der Waals surface area contributed by atoms with Crippen molar-refractivity contribution in [1.82, 2.24) is 0 Å². The molecule has 3 nitrogen and oxygen atoms in total. The molecule has 0 saturated carbocycles. The molecule has 0 amide bonds. The maximum absolute atomic E-state index is 13.3. The molecule has 0 aliphatic heterocycles. The first-order valence-corrected chi connectivity index (χ1v) is 8.58. The van der Waals surface area contributed by atoms with Crippen LogP contribution in [0, 0.1) is 0 Å². The third-order valence-electron chi connectivity index (χ3n) is 4.25. The van der Waals surface area contributed by atoms with E-state index < -0.39 is 5.92 Å². The summed E-state index contributed by atoms with van der Waals surface area (Å²) in [6.07, 6.45) is 0. The highest BCUT2D eigenvalue weighted by molar-refractivity contribution is 6.30. The molecular weight excluding hydrogens is 348 g/mol. The van der Waals surface area contributed by atoms with Gasteiger partial charge in [-0.15, -0.1) is 0 Å². The molecule has 0 aliphatic carbocycles. The molecule has 0 aromatic heterocycles. The minimum absolute atomic E-state index is 0.0110. The SMILES string of the molecule is COc1cccc(C(C(=O)c2ccc(Cl)cc2)c2cccc(OC)c2)c1. The Hall–Kier alpha value is -2.78.